The minimum absolute atomic E-state index is 0.00463. The third-order valence-corrected chi connectivity index (χ3v) is 4.66. The van der Waals surface area contributed by atoms with E-state index in [0.717, 1.165) is 31.2 Å². The summed E-state index contributed by atoms with van der Waals surface area (Å²) in [6.45, 7) is 12.6. The molecule has 0 radical (unpaired) electrons. The summed E-state index contributed by atoms with van der Waals surface area (Å²) >= 11 is 0. The highest BCUT2D eigenvalue weighted by molar-refractivity contribution is 6.01. The molecule has 0 saturated carbocycles. The third kappa shape index (κ3) is 4.89. The maximum Gasteiger partial charge on any atom is 0.255 e. The van der Waals surface area contributed by atoms with Crippen molar-refractivity contribution in [3.63, 3.8) is 0 Å². The van der Waals surface area contributed by atoms with Gasteiger partial charge in [-0.25, -0.2) is 0 Å². The smallest absolute Gasteiger partial charge is 0.255 e. The second kappa shape index (κ2) is 9.32. The monoisotopic (exact) mass is 347 g/mol. The van der Waals surface area contributed by atoms with E-state index in [9.17, 15) is 14.4 Å². The van der Waals surface area contributed by atoms with Crippen molar-refractivity contribution in [2.45, 2.75) is 38.8 Å². The Morgan fingerprint density at radius 2 is 1.96 bits per heavy atom. The summed E-state index contributed by atoms with van der Waals surface area (Å²) in [6, 6.07) is -0.370. The van der Waals surface area contributed by atoms with Crippen LogP contribution in [0.4, 0.5) is 0 Å². The predicted octanol–water partition coefficient (Wildman–Crippen LogP) is 1.29. The Morgan fingerprint density at radius 1 is 1.32 bits per heavy atom. The zero-order valence-electron chi connectivity index (χ0n) is 15.4. The van der Waals surface area contributed by atoms with Gasteiger partial charge in [0.1, 0.15) is 6.29 Å². The van der Waals surface area contributed by atoms with Crippen molar-refractivity contribution in [2.75, 3.05) is 20.1 Å². The van der Waals surface area contributed by atoms with Gasteiger partial charge in [-0.15, -0.1) is 0 Å². The van der Waals surface area contributed by atoms with E-state index in [-0.39, 0.29) is 29.8 Å². The van der Waals surface area contributed by atoms with Crippen LogP contribution in [0.2, 0.25) is 0 Å². The van der Waals surface area contributed by atoms with Gasteiger partial charge in [0.25, 0.3) is 5.91 Å². The molecule has 6 nitrogen and oxygen atoms in total. The number of rotatable bonds is 6. The van der Waals surface area contributed by atoms with Crippen LogP contribution in [0.3, 0.4) is 0 Å². The predicted molar refractivity (Wildman–Crippen MR) is 98.7 cm³/mol. The van der Waals surface area contributed by atoms with E-state index in [0.29, 0.717) is 12.1 Å². The van der Waals surface area contributed by atoms with Crippen molar-refractivity contribution in [1.82, 2.24) is 9.80 Å². The first-order valence-electron chi connectivity index (χ1n) is 8.52. The van der Waals surface area contributed by atoms with Crippen molar-refractivity contribution in [1.29, 1.82) is 0 Å². The molecule has 0 aromatic carbocycles. The summed E-state index contributed by atoms with van der Waals surface area (Å²) < 4.78 is 0. The van der Waals surface area contributed by atoms with Crippen molar-refractivity contribution in [3.05, 3.63) is 36.5 Å². The molecule has 2 N–H and O–H groups in total. The summed E-state index contributed by atoms with van der Waals surface area (Å²) in [4.78, 5) is 37.2. The Bertz CT molecular complexity index is 580. The Balaban J connectivity index is 0.000000293. The number of primary amides is 1. The van der Waals surface area contributed by atoms with Crippen LogP contribution >= 0.6 is 0 Å². The highest BCUT2D eigenvalue weighted by Crippen LogP contribution is 2.24. The van der Waals surface area contributed by atoms with Crippen LogP contribution < -0.4 is 5.73 Å². The molecule has 2 heterocycles. The highest BCUT2D eigenvalue weighted by Gasteiger charge is 2.33. The molecular weight excluding hydrogens is 318 g/mol. The molecule has 2 unspecified atom stereocenters. The lowest BCUT2D eigenvalue weighted by atomic mass is 10.0. The van der Waals surface area contributed by atoms with Gasteiger partial charge in [-0.1, -0.05) is 39.2 Å². The summed E-state index contributed by atoms with van der Waals surface area (Å²) in [5.41, 5.74) is 6.51. The maximum absolute atomic E-state index is 12.0. The van der Waals surface area contributed by atoms with Gasteiger partial charge in [-0.05, 0) is 37.9 Å². The molecular formula is C19H29N3O3. The number of carbonyl (C=O) groups excluding carboxylic acids is 3. The Morgan fingerprint density at radius 3 is 2.24 bits per heavy atom. The summed E-state index contributed by atoms with van der Waals surface area (Å²) in [6.07, 6.45) is 6.05. The molecule has 0 bridgehead atoms. The fourth-order valence-corrected chi connectivity index (χ4v) is 3.13. The van der Waals surface area contributed by atoms with Crippen LogP contribution in [0.15, 0.2) is 36.5 Å². The van der Waals surface area contributed by atoms with Gasteiger partial charge in [0.15, 0.2) is 0 Å². The summed E-state index contributed by atoms with van der Waals surface area (Å²) in [7, 11) is 1.93. The third-order valence-electron chi connectivity index (χ3n) is 4.66. The molecule has 0 spiro atoms. The number of likely N-dealkylation sites (tertiary alicyclic amines) is 1. The lowest BCUT2D eigenvalue weighted by molar-refractivity contribution is -0.132. The molecule has 1 fully saturated rings. The van der Waals surface area contributed by atoms with Gasteiger partial charge in [0, 0.05) is 12.1 Å². The molecule has 1 saturated heterocycles. The van der Waals surface area contributed by atoms with E-state index in [1.165, 1.54) is 6.08 Å². The van der Waals surface area contributed by atoms with E-state index in [2.05, 4.69) is 13.2 Å². The fourth-order valence-electron chi connectivity index (χ4n) is 3.13. The number of carbonyl (C=O) groups is 3. The standard InChI is InChI=1S/C13H17NO2.C6H12N2O/c1-5-10-7-14(12(8-15)9(3)4)13(16)11(10)6-2;1-8-4-2-3-5(8)6(7)9/h5-6,8-9,12H,1-2,7H2,3-4H3;5H,2-4H2,1H3,(H2,7,9). The minimum atomic E-state index is -0.375. The van der Waals surface area contributed by atoms with Crippen LogP contribution in [0.1, 0.15) is 26.7 Å². The Labute approximate surface area is 150 Å². The SMILES string of the molecule is C=CC1=C(C=C)C(=O)N(C(C=O)C(C)C)C1.CN1CCCC1C(N)=O. The van der Waals surface area contributed by atoms with Crippen LogP contribution in [0.5, 0.6) is 0 Å². The number of nitrogens with two attached hydrogens (primary N) is 1. The van der Waals surface area contributed by atoms with Crippen LogP contribution in [-0.2, 0) is 14.4 Å². The molecule has 2 amide bonds. The van der Waals surface area contributed by atoms with Crippen molar-refractivity contribution in [2.24, 2.45) is 11.7 Å². The zero-order chi connectivity index (χ0) is 19.1. The van der Waals surface area contributed by atoms with E-state index < -0.39 is 0 Å². The first kappa shape index (κ1) is 20.8. The first-order chi connectivity index (χ1) is 11.8. The number of aldehydes is 1. The van der Waals surface area contributed by atoms with Gasteiger partial charge >= 0.3 is 0 Å². The van der Waals surface area contributed by atoms with E-state index in [1.54, 1.807) is 11.0 Å². The summed E-state index contributed by atoms with van der Waals surface area (Å²) in [5, 5.41) is 0. The van der Waals surface area contributed by atoms with Gasteiger partial charge < -0.3 is 15.4 Å². The normalized spacial score (nSPS) is 21.8. The van der Waals surface area contributed by atoms with Crippen LogP contribution in [0, 0.1) is 5.92 Å². The van der Waals surface area contributed by atoms with Crippen molar-refractivity contribution < 1.29 is 14.4 Å². The molecule has 2 atom stereocenters. The maximum atomic E-state index is 12.0. The topological polar surface area (TPSA) is 83.7 Å². The largest absolute Gasteiger partial charge is 0.368 e. The average molecular weight is 347 g/mol. The molecule has 0 aliphatic carbocycles. The molecule has 2 aliphatic rings. The minimum Gasteiger partial charge on any atom is -0.368 e. The second-order valence-corrected chi connectivity index (χ2v) is 6.69. The van der Waals surface area contributed by atoms with E-state index >= 15 is 0 Å². The summed E-state index contributed by atoms with van der Waals surface area (Å²) in [5.74, 6) is -0.206. The van der Waals surface area contributed by atoms with E-state index in [1.807, 2.05) is 25.8 Å². The fraction of sp³-hybridized carbons (Fsp3) is 0.526. The molecule has 25 heavy (non-hydrogen) atoms. The van der Waals surface area contributed by atoms with Crippen molar-refractivity contribution in [3.8, 4) is 0 Å². The van der Waals surface area contributed by atoms with Crippen LogP contribution in [-0.4, -0.2) is 60.1 Å². The van der Waals surface area contributed by atoms with Gasteiger partial charge in [-0.3, -0.25) is 14.5 Å². The number of likely N-dealkylation sites (N-methyl/N-ethyl adjacent to an activating group) is 1. The molecule has 2 rings (SSSR count). The van der Waals surface area contributed by atoms with Gasteiger partial charge in [0.05, 0.1) is 12.1 Å². The van der Waals surface area contributed by atoms with Gasteiger partial charge in [-0.2, -0.15) is 0 Å². The van der Waals surface area contributed by atoms with Crippen molar-refractivity contribution >= 4 is 18.1 Å². The van der Waals surface area contributed by atoms with Crippen LogP contribution in [0.25, 0.3) is 0 Å². The van der Waals surface area contributed by atoms with E-state index in [4.69, 9.17) is 5.73 Å². The number of nitrogens with zero attached hydrogens (tertiary/aromatic N) is 2. The molecule has 0 aromatic heterocycles. The number of amides is 2. The first-order valence-corrected chi connectivity index (χ1v) is 8.52. The molecule has 138 valence electrons. The number of hydrogen-bond donors (Lipinski definition) is 1. The highest BCUT2D eigenvalue weighted by atomic mass is 16.2. The van der Waals surface area contributed by atoms with Gasteiger partial charge in [0.2, 0.25) is 5.91 Å². The molecule has 2 aliphatic heterocycles. The Hall–Kier alpha value is -2.21. The molecule has 0 aromatic rings. The lowest BCUT2D eigenvalue weighted by Gasteiger charge is -2.26. The average Bonchev–Trinajstić information content (AvgIpc) is 3.12. The number of hydrogen-bond acceptors (Lipinski definition) is 4. The second-order valence-electron chi connectivity index (χ2n) is 6.69. The quantitative estimate of drug-likeness (QED) is 0.734. The Kier molecular flexibility index (Phi) is 7.77. The zero-order valence-corrected chi connectivity index (χ0v) is 15.4. The lowest BCUT2D eigenvalue weighted by Crippen LogP contribution is -2.42. The molecule has 6 heteroatoms.